The van der Waals surface area contributed by atoms with Gasteiger partial charge in [0, 0.05) is 23.1 Å². The average Bonchev–Trinajstić information content (AvgIpc) is 2.94. The van der Waals surface area contributed by atoms with Gasteiger partial charge in [-0.3, -0.25) is 9.59 Å². The van der Waals surface area contributed by atoms with Gasteiger partial charge in [-0.25, -0.2) is 0 Å². The van der Waals surface area contributed by atoms with Gasteiger partial charge in [0.05, 0.1) is 16.6 Å². The molecule has 1 fully saturated rings. The largest absolute Gasteiger partial charge is 0.507 e. The number of hydrogen-bond donors (Lipinski definition) is 2. The van der Waals surface area contributed by atoms with Crippen LogP contribution in [0.15, 0.2) is 46.4 Å². The van der Waals surface area contributed by atoms with Crippen LogP contribution >= 0.6 is 27.5 Å². The Labute approximate surface area is 188 Å². The van der Waals surface area contributed by atoms with Crippen molar-refractivity contribution in [3.63, 3.8) is 0 Å². The van der Waals surface area contributed by atoms with E-state index in [1.165, 1.54) is 17.0 Å². The molecule has 1 unspecified atom stereocenters. The predicted octanol–water partition coefficient (Wildman–Crippen LogP) is 4.10. The molecule has 8 heteroatoms. The average molecular weight is 494 g/mol. The summed E-state index contributed by atoms with van der Waals surface area (Å²) in [6, 6.07) is 8.91. The highest BCUT2D eigenvalue weighted by molar-refractivity contribution is 9.10. The summed E-state index contributed by atoms with van der Waals surface area (Å²) in [5.74, 6) is -1.78. The van der Waals surface area contributed by atoms with Crippen LogP contribution in [0.3, 0.4) is 0 Å². The quantitative estimate of drug-likeness (QED) is 0.372. The van der Waals surface area contributed by atoms with E-state index in [9.17, 15) is 19.8 Å². The maximum Gasteiger partial charge on any atom is 0.295 e. The zero-order valence-corrected chi connectivity index (χ0v) is 19.2. The molecule has 0 bridgehead atoms. The summed E-state index contributed by atoms with van der Waals surface area (Å²) in [5, 5.41) is 20.9. The van der Waals surface area contributed by atoms with E-state index in [1.54, 1.807) is 24.3 Å². The van der Waals surface area contributed by atoms with Gasteiger partial charge in [0.15, 0.2) is 0 Å². The Bertz CT molecular complexity index is 1050. The number of halogens is 2. The summed E-state index contributed by atoms with van der Waals surface area (Å²) in [6.45, 7) is 2.69. The second-order valence-electron chi connectivity index (χ2n) is 7.47. The summed E-state index contributed by atoms with van der Waals surface area (Å²) < 4.78 is 0.868. The number of phenols is 1. The number of phenolic OH excluding ortho intramolecular Hbond substituents is 1. The minimum Gasteiger partial charge on any atom is -0.507 e. The van der Waals surface area contributed by atoms with Crippen molar-refractivity contribution < 1.29 is 19.8 Å². The lowest BCUT2D eigenvalue weighted by Crippen LogP contribution is -2.35. The Hall–Kier alpha value is -2.35. The molecular weight excluding hydrogens is 472 g/mol. The maximum atomic E-state index is 12.9. The van der Waals surface area contributed by atoms with E-state index >= 15 is 0 Å². The number of ketones is 1. The van der Waals surface area contributed by atoms with E-state index in [-0.39, 0.29) is 28.6 Å². The van der Waals surface area contributed by atoms with Crippen molar-refractivity contribution in [1.29, 1.82) is 0 Å². The lowest BCUT2D eigenvalue weighted by Gasteiger charge is -2.26. The molecule has 0 aromatic heterocycles. The number of carbonyl (C=O) groups excluding carboxylic acids is 2. The number of amides is 1. The number of rotatable bonds is 5. The standard InChI is InChI=1S/C22H22BrClN2O4/c1-12-10-14(4-6-15(12)23)20(28)18-19(13-5-7-17(27)16(24)11-13)26(9-8-25(2)3)22(30)21(18)29/h4-7,10-11,19,27-28H,8-9H2,1-3H3/b20-18-. The van der Waals surface area contributed by atoms with E-state index < -0.39 is 17.7 Å². The molecule has 1 aliphatic heterocycles. The number of aromatic hydroxyl groups is 1. The molecule has 0 saturated carbocycles. The monoisotopic (exact) mass is 492 g/mol. The third-order valence-corrected chi connectivity index (χ3v) is 6.24. The molecule has 0 spiro atoms. The first-order valence-electron chi connectivity index (χ1n) is 9.30. The molecule has 30 heavy (non-hydrogen) atoms. The zero-order chi connectivity index (χ0) is 22.2. The highest BCUT2D eigenvalue weighted by Crippen LogP contribution is 2.41. The number of likely N-dealkylation sites (N-methyl/N-ethyl adjacent to an activating group) is 1. The van der Waals surface area contributed by atoms with Gasteiger partial charge < -0.3 is 20.0 Å². The van der Waals surface area contributed by atoms with Crippen molar-refractivity contribution in [2.75, 3.05) is 27.2 Å². The van der Waals surface area contributed by atoms with Crippen molar-refractivity contribution in [1.82, 2.24) is 9.80 Å². The first kappa shape index (κ1) is 22.3. The molecule has 2 N–H and O–H groups in total. The minimum absolute atomic E-state index is 0.00207. The van der Waals surface area contributed by atoms with Crippen LogP contribution in [-0.2, 0) is 9.59 Å². The molecule has 2 aromatic rings. The van der Waals surface area contributed by atoms with Crippen LogP contribution in [0, 0.1) is 6.92 Å². The molecule has 2 aromatic carbocycles. The topological polar surface area (TPSA) is 81.1 Å². The highest BCUT2D eigenvalue weighted by Gasteiger charge is 2.46. The number of hydrogen-bond acceptors (Lipinski definition) is 5. The van der Waals surface area contributed by atoms with Crippen molar-refractivity contribution in [2.24, 2.45) is 0 Å². The summed E-state index contributed by atoms with van der Waals surface area (Å²) in [7, 11) is 3.74. The van der Waals surface area contributed by atoms with Gasteiger partial charge in [0.25, 0.3) is 11.7 Å². The molecule has 3 rings (SSSR count). The third-order valence-electron chi connectivity index (χ3n) is 5.05. The molecule has 1 amide bonds. The number of aryl methyl sites for hydroxylation is 1. The molecular formula is C22H22BrClN2O4. The van der Waals surface area contributed by atoms with Gasteiger partial charge >= 0.3 is 0 Å². The summed E-state index contributed by atoms with van der Waals surface area (Å²) in [6.07, 6.45) is 0. The van der Waals surface area contributed by atoms with Crippen molar-refractivity contribution in [2.45, 2.75) is 13.0 Å². The zero-order valence-electron chi connectivity index (χ0n) is 16.8. The SMILES string of the molecule is Cc1cc(/C(O)=C2/C(=O)C(=O)N(CCN(C)C)C2c2ccc(O)c(Cl)c2)ccc1Br. The Kier molecular flexibility index (Phi) is 6.55. The Morgan fingerprint density at radius 2 is 1.90 bits per heavy atom. The number of nitrogens with zero attached hydrogens (tertiary/aromatic N) is 2. The van der Waals surface area contributed by atoms with E-state index in [1.807, 2.05) is 25.9 Å². The summed E-state index contributed by atoms with van der Waals surface area (Å²) >= 11 is 9.51. The fourth-order valence-corrected chi connectivity index (χ4v) is 3.84. The highest BCUT2D eigenvalue weighted by atomic mass is 79.9. The predicted molar refractivity (Wildman–Crippen MR) is 120 cm³/mol. The fraction of sp³-hybridized carbons (Fsp3) is 0.273. The van der Waals surface area contributed by atoms with Gasteiger partial charge in [-0.2, -0.15) is 0 Å². The molecule has 6 nitrogen and oxygen atoms in total. The lowest BCUT2D eigenvalue weighted by atomic mass is 9.95. The number of Topliss-reactive ketones (excluding diaryl/α,β-unsaturated/α-hetero) is 1. The normalized spacial score (nSPS) is 18.5. The Balaban J connectivity index is 2.19. The third kappa shape index (κ3) is 4.24. The van der Waals surface area contributed by atoms with Crippen molar-refractivity contribution in [3.8, 4) is 5.75 Å². The first-order valence-corrected chi connectivity index (χ1v) is 10.5. The molecule has 0 aliphatic carbocycles. The smallest absolute Gasteiger partial charge is 0.295 e. The maximum absolute atomic E-state index is 12.9. The van der Waals surface area contributed by atoms with Gasteiger partial charge in [0.2, 0.25) is 0 Å². The molecule has 158 valence electrons. The minimum atomic E-state index is -0.813. The summed E-state index contributed by atoms with van der Waals surface area (Å²) in [5.41, 5.74) is 1.86. The molecule has 1 heterocycles. The van der Waals surface area contributed by atoms with Crippen LogP contribution in [0.4, 0.5) is 0 Å². The Morgan fingerprint density at radius 1 is 1.20 bits per heavy atom. The van der Waals surface area contributed by atoms with Gasteiger partial charge in [0.1, 0.15) is 11.5 Å². The van der Waals surface area contributed by atoms with Gasteiger partial charge in [-0.1, -0.05) is 39.7 Å². The van der Waals surface area contributed by atoms with Crippen LogP contribution in [0.1, 0.15) is 22.7 Å². The van der Waals surface area contributed by atoms with Crippen LogP contribution < -0.4 is 0 Å². The van der Waals surface area contributed by atoms with Gasteiger partial charge in [-0.05, 0) is 56.4 Å². The van der Waals surface area contributed by atoms with Crippen LogP contribution in [0.5, 0.6) is 5.75 Å². The Morgan fingerprint density at radius 3 is 2.50 bits per heavy atom. The van der Waals surface area contributed by atoms with Crippen molar-refractivity contribution in [3.05, 3.63) is 68.2 Å². The van der Waals surface area contributed by atoms with Gasteiger partial charge in [-0.15, -0.1) is 0 Å². The molecule has 0 radical (unpaired) electrons. The number of aliphatic hydroxyl groups is 1. The second-order valence-corrected chi connectivity index (χ2v) is 8.73. The first-order chi connectivity index (χ1) is 14.1. The molecule has 1 saturated heterocycles. The molecule has 1 atom stereocenters. The lowest BCUT2D eigenvalue weighted by molar-refractivity contribution is -0.140. The van der Waals surface area contributed by atoms with Crippen LogP contribution in [-0.4, -0.2) is 58.9 Å². The number of likely N-dealkylation sites (tertiary alicyclic amines) is 1. The number of carbonyl (C=O) groups is 2. The van der Waals surface area contributed by atoms with Crippen molar-refractivity contribution >= 4 is 45.0 Å². The molecule has 1 aliphatic rings. The van der Waals surface area contributed by atoms with E-state index in [0.29, 0.717) is 17.7 Å². The fourth-order valence-electron chi connectivity index (χ4n) is 3.41. The number of benzene rings is 2. The number of aliphatic hydroxyl groups excluding tert-OH is 1. The van der Waals surface area contributed by atoms with E-state index in [4.69, 9.17) is 11.6 Å². The second kappa shape index (κ2) is 8.79. The van der Waals surface area contributed by atoms with Crippen LogP contribution in [0.2, 0.25) is 5.02 Å². The summed E-state index contributed by atoms with van der Waals surface area (Å²) in [4.78, 5) is 29.1. The van der Waals surface area contributed by atoms with E-state index in [2.05, 4.69) is 15.9 Å². The van der Waals surface area contributed by atoms with E-state index in [0.717, 1.165) is 10.0 Å². The van der Waals surface area contributed by atoms with Crippen LogP contribution in [0.25, 0.3) is 5.76 Å².